The molecule has 0 spiro atoms. The molecule has 0 amide bonds. The van der Waals surface area contributed by atoms with Gasteiger partial charge < -0.3 is 5.32 Å². The molecule has 5 nitrogen and oxygen atoms in total. The molecular formula is C12H15Cl2N5. The fourth-order valence-electron chi connectivity index (χ4n) is 1.85. The number of nitrogens with one attached hydrogen (secondary N) is 1. The summed E-state index contributed by atoms with van der Waals surface area (Å²) in [4.78, 5) is 1.46. The summed E-state index contributed by atoms with van der Waals surface area (Å²) in [5.74, 6) is 0.724. The zero-order chi connectivity index (χ0) is 13.8. The predicted molar refractivity (Wildman–Crippen MR) is 75.5 cm³/mol. The van der Waals surface area contributed by atoms with Crippen molar-refractivity contribution in [2.75, 3.05) is 7.05 Å². The summed E-state index contributed by atoms with van der Waals surface area (Å²) in [7, 11) is 3.67. The van der Waals surface area contributed by atoms with Crippen molar-refractivity contribution >= 4 is 23.2 Å². The minimum Gasteiger partial charge on any atom is -0.316 e. The number of likely N-dealkylation sites (N-methyl/N-ethyl adjacent to an activating group) is 1. The summed E-state index contributed by atoms with van der Waals surface area (Å²) in [5.41, 5.74) is 1.12. The predicted octanol–water partition coefficient (Wildman–Crippen LogP) is 1.89. The van der Waals surface area contributed by atoms with Crippen molar-refractivity contribution in [3.05, 3.63) is 39.6 Å². The van der Waals surface area contributed by atoms with Crippen LogP contribution in [-0.4, -0.2) is 33.3 Å². The monoisotopic (exact) mass is 299 g/mol. The highest BCUT2D eigenvalue weighted by Gasteiger charge is 2.12. The maximum absolute atomic E-state index is 6.01. The average molecular weight is 300 g/mol. The van der Waals surface area contributed by atoms with Crippen LogP contribution in [0.15, 0.2) is 18.2 Å². The molecule has 1 unspecified atom stereocenters. The molecule has 0 saturated carbocycles. The summed E-state index contributed by atoms with van der Waals surface area (Å²) in [6.07, 6.45) is 1.54. The highest BCUT2D eigenvalue weighted by Crippen LogP contribution is 2.23. The molecule has 0 aliphatic rings. The molecule has 1 aromatic carbocycles. The van der Waals surface area contributed by atoms with E-state index in [-0.39, 0.29) is 6.04 Å². The summed E-state index contributed by atoms with van der Waals surface area (Å²) in [5, 5.41) is 16.4. The van der Waals surface area contributed by atoms with E-state index in [1.807, 2.05) is 25.2 Å². The number of tetrazole rings is 1. The Morgan fingerprint density at radius 2 is 2.05 bits per heavy atom. The van der Waals surface area contributed by atoms with Gasteiger partial charge in [0, 0.05) is 12.5 Å². The highest BCUT2D eigenvalue weighted by atomic mass is 35.5. The number of halogens is 2. The van der Waals surface area contributed by atoms with Crippen molar-refractivity contribution in [2.24, 2.45) is 7.05 Å². The molecule has 2 aromatic rings. The van der Waals surface area contributed by atoms with Gasteiger partial charge in [0.2, 0.25) is 0 Å². The number of aromatic nitrogens is 4. The van der Waals surface area contributed by atoms with Crippen molar-refractivity contribution in [1.82, 2.24) is 25.5 Å². The minimum atomic E-state index is 0.224. The topological polar surface area (TPSA) is 55.6 Å². The van der Waals surface area contributed by atoms with Crippen LogP contribution >= 0.6 is 23.2 Å². The second-order valence-corrected chi connectivity index (χ2v) is 5.15. The SMILES string of the molecule is CNC(Cc1ccc(Cl)c(Cl)c1)Cc1nnn(C)n1. The molecule has 1 N–H and O–H groups in total. The normalized spacial score (nSPS) is 12.6. The van der Waals surface area contributed by atoms with Gasteiger partial charge in [-0.1, -0.05) is 29.3 Å². The Labute approximate surface area is 121 Å². The van der Waals surface area contributed by atoms with Crippen LogP contribution in [0, 0.1) is 0 Å². The molecular weight excluding hydrogens is 285 g/mol. The first-order chi connectivity index (χ1) is 9.08. The molecule has 1 heterocycles. The third-order valence-corrected chi connectivity index (χ3v) is 3.59. The number of hydrogen-bond acceptors (Lipinski definition) is 4. The van der Waals surface area contributed by atoms with Gasteiger partial charge in [0.05, 0.1) is 17.1 Å². The van der Waals surface area contributed by atoms with Crippen LogP contribution in [0.1, 0.15) is 11.4 Å². The first kappa shape index (κ1) is 14.2. The summed E-state index contributed by atoms with van der Waals surface area (Å²) in [6, 6.07) is 5.90. The Morgan fingerprint density at radius 3 is 2.63 bits per heavy atom. The zero-order valence-corrected chi connectivity index (χ0v) is 12.3. The first-order valence-electron chi connectivity index (χ1n) is 5.92. The molecule has 1 aromatic heterocycles. The van der Waals surface area contributed by atoms with E-state index in [0.29, 0.717) is 16.5 Å². The second kappa shape index (κ2) is 6.32. The van der Waals surface area contributed by atoms with Gasteiger partial charge in [-0.25, -0.2) is 0 Å². The second-order valence-electron chi connectivity index (χ2n) is 4.34. The molecule has 2 rings (SSSR count). The molecule has 0 saturated heterocycles. The van der Waals surface area contributed by atoms with Crippen LogP contribution in [0.3, 0.4) is 0 Å². The van der Waals surface area contributed by atoms with E-state index in [0.717, 1.165) is 17.8 Å². The lowest BCUT2D eigenvalue weighted by Crippen LogP contribution is -2.30. The lowest BCUT2D eigenvalue weighted by Gasteiger charge is -2.14. The third kappa shape index (κ3) is 3.89. The van der Waals surface area contributed by atoms with Gasteiger partial charge in [0.25, 0.3) is 0 Å². The molecule has 19 heavy (non-hydrogen) atoms. The van der Waals surface area contributed by atoms with Gasteiger partial charge in [-0.2, -0.15) is 4.80 Å². The lowest BCUT2D eigenvalue weighted by atomic mass is 10.0. The van der Waals surface area contributed by atoms with Crippen LogP contribution in [-0.2, 0) is 19.9 Å². The zero-order valence-electron chi connectivity index (χ0n) is 10.8. The largest absolute Gasteiger partial charge is 0.316 e. The van der Waals surface area contributed by atoms with Crippen molar-refractivity contribution in [2.45, 2.75) is 18.9 Å². The number of aryl methyl sites for hydroxylation is 1. The number of hydrogen-bond donors (Lipinski definition) is 1. The maximum Gasteiger partial charge on any atom is 0.176 e. The van der Waals surface area contributed by atoms with Crippen LogP contribution in [0.5, 0.6) is 0 Å². The van der Waals surface area contributed by atoms with Crippen molar-refractivity contribution < 1.29 is 0 Å². The van der Waals surface area contributed by atoms with E-state index in [9.17, 15) is 0 Å². The van der Waals surface area contributed by atoms with Gasteiger partial charge in [-0.15, -0.1) is 10.2 Å². The average Bonchev–Trinajstić information content (AvgIpc) is 2.78. The first-order valence-corrected chi connectivity index (χ1v) is 6.68. The van der Waals surface area contributed by atoms with Gasteiger partial charge in [0.1, 0.15) is 0 Å². The van der Waals surface area contributed by atoms with Crippen molar-refractivity contribution in [3.63, 3.8) is 0 Å². The molecule has 7 heteroatoms. The summed E-state index contributed by atoms with van der Waals surface area (Å²) >= 11 is 11.9. The van der Waals surface area contributed by atoms with E-state index in [1.54, 1.807) is 7.05 Å². The van der Waals surface area contributed by atoms with Crippen LogP contribution in [0.25, 0.3) is 0 Å². The number of rotatable bonds is 5. The van der Waals surface area contributed by atoms with Crippen LogP contribution < -0.4 is 5.32 Å². The Hall–Kier alpha value is -1.17. The van der Waals surface area contributed by atoms with E-state index >= 15 is 0 Å². The molecule has 0 bridgehead atoms. The van der Waals surface area contributed by atoms with Gasteiger partial charge in [-0.3, -0.25) is 0 Å². The van der Waals surface area contributed by atoms with Crippen LogP contribution in [0.2, 0.25) is 10.0 Å². The summed E-state index contributed by atoms with van der Waals surface area (Å²) in [6.45, 7) is 0. The molecule has 0 aliphatic carbocycles. The highest BCUT2D eigenvalue weighted by molar-refractivity contribution is 6.42. The Morgan fingerprint density at radius 1 is 1.26 bits per heavy atom. The number of nitrogens with zero attached hydrogens (tertiary/aromatic N) is 4. The minimum absolute atomic E-state index is 0.224. The van der Waals surface area contributed by atoms with Gasteiger partial charge >= 0.3 is 0 Å². The Balaban J connectivity index is 2.04. The fourth-order valence-corrected chi connectivity index (χ4v) is 2.17. The van der Waals surface area contributed by atoms with Gasteiger partial charge in [0.15, 0.2) is 5.82 Å². The molecule has 0 aliphatic heterocycles. The third-order valence-electron chi connectivity index (χ3n) is 2.85. The van der Waals surface area contributed by atoms with E-state index in [1.165, 1.54) is 4.80 Å². The van der Waals surface area contributed by atoms with Crippen molar-refractivity contribution in [3.8, 4) is 0 Å². The fraction of sp³-hybridized carbons (Fsp3) is 0.417. The smallest absolute Gasteiger partial charge is 0.176 e. The molecule has 0 radical (unpaired) electrons. The van der Waals surface area contributed by atoms with E-state index in [4.69, 9.17) is 23.2 Å². The summed E-state index contributed by atoms with van der Waals surface area (Å²) < 4.78 is 0. The Bertz CT molecular complexity index is 555. The van der Waals surface area contributed by atoms with Crippen LogP contribution in [0.4, 0.5) is 0 Å². The molecule has 102 valence electrons. The number of benzene rings is 1. The van der Waals surface area contributed by atoms with E-state index < -0.39 is 0 Å². The maximum atomic E-state index is 6.01. The quantitative estimate of drug-likeness (QED) is 0.916. The van der Waals surface area contributed by atoms with Crippen molar-refractivity contribution in [1.29, 1.82) is 0 Å². The van der Waals surface area contributed by atoms with E-state index in [2.05, 4.69) is 20.7 Å². The van der Waals surface area contributed by atoms with Gasteiger partial charge in [-0.05, 0) is 36.4 Å². The molecule has 1 atom stereocenters. The standard InChI is InChI=1S/C12H15Cl2N5/c1-15-9(7-12-16-18-19(2)17-12)5-8-3-4-10(13)11(14)6-8/h3-4,6,9,15H,5,7H2,1-2H3. The lowest BCUT2D eigenvalue weighted by molar-refractivity contribution is 0.540. The Kier molecular flexibility index (Phi) is 4.74. The molecule has 0 fully saturated rings.